The minimum Gasteiger partial charge on any atom is -0.394 e. The lowest BCUT2D eigenvalue weighted by atomic mass is 9.97. The lowest BCUT2D eigenvalue weighted by Crippen LogP contribution is -2.60. The Kier molecular flexibility index (Phi) is 5.17. The number of urea groups is 1. The smallest absolute Gasteiger partial charge is 0.320 e. The van der Waals surface area contributed by atoms with Crippen LogP contribution in [0.1, 0.15) is 0 Å². The molecule has 2 rings (SSSR count). The zero-order valence-electron chi connectivity index (χ0n) is 11.5. The Hall–Kier alpha value is -0.930. The number of aliphatic hydroxyl groups excluding tert-OH is 3. The van der Waals surface area contributed by atoms with Crippen molar-refractivity contribution in [3.05, 3.63) is 0 Å². The molecule has 0 saturated carbocycles. The van der Waals surface area contributed by atoms with E-state index < -0.39 is 24.4 Å². The normalized spacial score (nSPS) is 34.9. The van der Waals surface area contributed by atoms with Gasteiger partial charge in [-0.3, -0.25) is 0 Å². The summed E-state index contributed by atoms with van der Waals surface area (Å²) in [5.41, 5.74) is 0. The Labute approximate surface area is 117 Å². The number of aliphatic hydroxyl groups is 3. The van der Waals surface area contributed by atoms with Crippen LogP contribution in [0.5, 0.6) is 0 Å². The molecule has 0 spiro atoms. The number of amides is 2. The van der Waals surface area contributed by atoms with E-state index >= 15 is 0 Å². The minimum absolute atomic E-state index is 0.104. The van der Waals surface area contributed by atoms with Crippen LogP contribution in [0, 0.1) is 0 Å². The molecule has 116 valence electrons. The number of carbonyl (C=O) groups excluding carboxylic acids is 1. The first kappa shape index (κ1) is 15.5. The number of ether oxygens (including phenoxy) is 2. The van der Waals surface area contributed by atoms with Crippen molar-refractivity contribution in [1.29, 1.82) is 0 Å². The van der Waals surface area contributed by atoms with Gasteiger partial charge in [0.25, 0.3) is 0 Å². The van der Waals surface area contributed by atoms with Crippen LogP contribution in [0.15, 0.2) is 0 Å². The van der Waals surface area contributed by atoms with Crippen LogP contribution in [0.25, 0.3) is 0 Å². The standard InChI is InChI=1S/C12H22N2O6/c1-19-5-4-13-2-3-14(12(13)18)8-7-20-9(6-15)11(17)10(8)16/h8-11,15-17H,2-7H2,1H3/t8-,9+,10+,11-/m0/s1. The molecule has 0 bridgehead atoms. The molecule has 0 aromatic heterocycles. The Bertz CT molecular complexity index is 342. The highest BCUT2D eigenvalue weighted by molar-refractivity contribution is 5.77. The van der Waals surface area contributed by atoms with E-state index in [1.54, 1.807) is 12.0 Å². The summed E-state index contributed by atoms with van der Waals surface area (Å²) in [5.74, 6) is 0. The van der Waals surface area contributed by atoms with Gasteiger partial charge in [-0.25, -0.2) is 4.79 Å². The van der Waals surface area contributed by atoms with Crippen molar-refractivity contribution in [2.24, 2.45) is 0 Å². The summed E-state index contributed by atoms with van der Waals surface area (Å²) in [5, 5.41) is 29.0. The molecule has 0 aliphatic carbocycles. The molecule has 0 aromatic carbocycles. The van der Waals surface area contributed by atoms with Gasteiger partial charge in [0.15, 0.2) is 0 Å². The van der Waals surface area contributed by atoms with Crippen molar-refractivity contribution in [2.45, 2.75) is 24.4 Å². The third-order valence-corrected chi connectivity index (χ3v) is 3.88. The number of methoxy groups -OCH3 is 1. The number of hydrogen-bond donors (Lipinski definition) is 3. The molecule has 2 heterocycles. The van der Waals surface area contributed by atoms with Crippen molar-refractivity contribution in [1.82, 2.24) is 9.80 Å². The summed E-state index contributed by atoms with van der Waals surface area (Å²) in [6.07, 6.45) is -3.12. The van der Waals surface area contributed by atoms with Crippen LogP contribution in [0.2, 0.25) is 0 Å². The first-order valence-corrected chi connectivity index (χ1v) is 6.73. The predicted molar refractivity (Wildman–Crippen MR) is 68.2 cm³/mol. The molecule has 2 aliphatic rings. The SMILES string of the molecule is COCCN1CCN([C@H]2CO[C@H](CO)[C@H](O)[C@@H]2O)C1=O. The fourth-order valence-corrected chi connectivity index (χ4v) is 2.62. The molecule has 2 saturated heterocycles. The molecular formula is C12H22N2O6. The highest BCUT2D eigenvalue weighted by atomic mass is 16.5. The van der Waals surface area contributed by atoms with E-state index in [0.29, 0.717) is 26.2 Å². The van der Waals surface area contributed by atoms with Gasteiger partial charge in [0.1, 0.15) is 18.3 Å². The topological polar surface area (TPSA) is 103 Å². The third kappa shape index (κ3) is 2.89. The number of nitrogens with zero attached hydrogens (tertiary/aromatic N) is 2. The summed E-state index contributed by atoms with van der Waals surface area (Å²) in [6, 6.07) is -0.780. The molecule has 2 aliphatic heterocycles. The van der Waals surface area contributed by atoms with Gasteiger partial charge in [0, 0.05) is 26.7 Å². The third-order valence-electron chi connectivity index (χ3n) is 3.88. The highest BCUT2D eigenvalue weighted by Gasteiger charge is 2.44. The van der Waals surface area contributed by atoms with E-state index in [2.05, 4.69) is 0 Å². The van der Waals surface area contributed by atoms with Gasteiger partial charge >= 0.3 is 6.03 Å². The highest BCUT2D eigenvalue weighted by Crippen LogP contribution is 2.23. The van der Waals surface area contributed by atoms with Gasteiger partial charge < -0.3 is 34.6 Å². The summed E-state index contributed by atoms with van der Waals surface area (Å²) >= 11 is 0. The van der Waals surface area contributed by atoms with Crippen LogP contribution < -0.4 is 0 Å². The van der Waals surface area contributed by atoms with Crippen molar-refractivity contribution >= 4 is 6.03 Å². The van der Waals surface area contributed by atoms with Crippen LogP contribution >= 0.6 is 0 Å². The van der Waals surface area contributed by atoms with E-state index in [1.807, 2.05) is 0 Å². The largest absolute Gasteiger partial charge is 0.394 e. The lowest BCUT2D eigenvalue weighted by molar-refractivity contribution is -0.174. The Morgan fingerprint density at radius 1 is 1.35 bits per heavy atom. The Balaban J connectivity index is 1.97. The van der Waals surface area contributed by atoms with Crippen LogP contribution in [-0.4, -0.2) is 102 Å². The van der Waals surface area contributed by atoms with Gasteiger partial charge in [0.05, 0.1) is 25.9 Å². The maximum atomic E-state index is 12.2. The van der Waals surface area contributed by atoms with Crippen molar-refractivity contribution in [3.63, 3.8) is 0 Å². The molecule has 4 atom stereocenters. The second kappa shape index (κ2) is 6.68. The summed E-state index contributed by atoms with van der Waals surface area (Å²) in [6.45, 7) is 1.73. The summed E-state index contributed by atoms with van der Waals surface area (Å²) in [4.78, 5) is 15.4. The van der Waals surface area contributed by atoms with E-state index in [9.17, 15) is 15.0 Å². The van der Waals surface area contributed by atoms with Gasteiger partial charge in [-0.15, -0.1) is 0 Å². The van der Waals surface area contributed by atoms with Crippen molar-refractivity contribution in [2.75, 3.05) is 46.6 Å². The van der Waals surface area contributed by atoms with Crippen LogP contribution in [0.4, 0.5) is 4.79 Å². The minimum atomic E-state index is -1.19. The number of rotatable bonds is 5. The van der Waals surface area contributed by atoms with Gasteiger partial charge in [-0.2, -0.15) is 0 Å². The quantitative estimate of drug-likeness (QED) is 0.533. The maximum Gasteiger partial charge on any atom is 0.320 e. The van der Waals surface area contributed by atoms with Gasteiger partial charge in [-0.05, 0) is 0 Å². The molecule has 2 amide bonds. The molecule has 0 unspecified atom stereocenters. The summed E-state index contributed by atoms with van der Waals surface area (Å²) in [7, 11) is 1.57. The van der Waals surface area contributed by atoms with Crippen LogP contribution in [0.3, 0.4) is 0 Å². The van der Waals surface area contributed by atoms with Gasteiger partial charge in [-0.1, -0.05) is 0 Å². The fraction of sp³-hybridized carbons (Fsp3) is 0.917. The van der Waals surface area contributed by atoms with Crippen molar-refractivity contribution in [3.8, 4) is 0 Å². The molecule has 0 aromatic rings. The maximum absolute atomic E-state index is 12.2. The zero-order chi connectivity index (χ0) is 14.7. The second-order valence-electron chi connectivity index (χ2n) is 5.06. The Morgan fingerprint density at radius 2 is 2.10 bits per heavy atom. The molecular weight excluding hydrogens is 268 g/mol. The molecule has 2 fully saturated rings. The average molecular weight is 290 g/mol. The molecule has 0 radical (unpaired) electrons. The lowest BCUT2D eigenvalue weighted by Gasteiger charge is -2.40. The van der Waals surface area contributed by atoms with E-state index in [0.717, 1.165) is 0 Å². The number of carbonyl (C=O) groups is 1. The van der Waals surface area contributed by atoms with Gasteiger partial charge in [0.2, 0.25) is 0 Å². The first-order chi connectivity index (χ1) is 9.60. The van der Waals surface area contributed by atoms with E-state index in [4.69, 9.17) is 14.6 Å². The zero-order valence-corrected chi connectivity index (χ0v) is 11.5. The Morgan fingerprint density at radius 3 is 2.75 bits per heavy atom. The second-order valence-corrected chi connectivity index (χ2v) is 5.06. The monoisotopic (exact) mass is 290 g/mol. The predicted octanol–water partition coefficient (Wildman–Crippen LogP) is -2.15. The fourth-order valence-electron chi connectivity index (χ4n) is 2.62. The van der Waals surface area contributed by atoms with Crippen molar-refractivity contribution < 1.29 is 29.6 Å². The first-order valence-electron chi connectivity index (χ1n) is 6.73. The molecule has 8 nitrogen and oxygen atoms in total. The molecule has 8 heteroatoms. The molecule has 3 N–H and O–H groups in total. The van der Waals surface area contributed by atoms with E-state index in [1.165, 1.54) is 4.90 Å². The summed E-state index contributed by atoms with van der Waals surface area (Å²) < 4.78 is 10.2. The molecule has 20 heavy (non-hydrogen) atoms. The van der Waals surface area contributed by atoms with Crippen LogP contribution in [-0.2, 0) is 9.47 Å². The van der Waals surface area contributed by atoms with E-state index in [-0.39, 0.29) is 19.2 Å². The number of hydrogen-bond acceptors (Lipinski definition) is 6. The average Bonchev–Trinajstić information content (AvgIpc) is 2.81.